The molecule has 0 radical (unpaired) electrons. The average molecular weight is 313 g/mol. The third-order valence-corrected chi connectivity index (χ3v) is 5.73. The van der Waals surface area contributed by atoms with Gasteiger partial charge in [-0.2, -0.15) is 11.8 Å². The number of nitrogens with two attached hydrogens (primary N) is 1. The quantitative estimate of drug-likeness (QED) is 0.892. The van der Waals surface area contributed by atoms with E-state index in [1.54, 1.807) is 0 Å². The summed E-state index contributed by atoms with van der Waals surface area (Å²) in [7, 11) is 0. The Balaban J connectivity index is 2.08. The lowest BCUT2D eigenvalue weighted by atomic mass is 10.0. The third kappa shape index (κ3) is 4.06. The van der Waals surface area contributed by atoms with Gasteiger partial charge in [0, 0.05) is 40.8 Å². The van der Waals surface area contributed by atoms with Crippen LogP contribution >= 0.6 is 23.4 Å². The molecule has 0 amide bonds. The van der Waals surface area contributed by atoms with E-state index < -0.39 is 0 Å². The highest BCUT2D eigenvalue weighted by Gasteiger charge is 2.19. The molecule has 2 rings (SSSR count). The number of benzene rings is 1. The van der Waals surface area contributed by atoms with E-state index in [1.807, 2.05) is 0 Å². The van der Waals surface area contributed by atoms with Gasteiger partial charge >= 0.3 is 0 Å². The van der Waals surface area contributed by atoms with E-state index in [4.69, 9.17) is 17.3 Å². The van der Waals surface area contributed by atoms with Crippen molar-refractivity contribution in [3.63, 3.8) is 0 Å². The van der Waals surface area contributed by atoms with E-state index in [0.29, 0.717) is 0 Å². The fraction of sp³-hybridized carbons (Fsp3) is 0.625. The van der Waals surface area contributed by atoms with Crippen molar-refractivity contribution in [2.45, 2.75) is 44.4 Å². The van der Waals surface area contributed by atoms with Gasteiger partial charge in [0.1, 0.15) is 0 Å². The van der Waals surface area contributed by atoms with Crippen LogP contribution in [0, 0.1) is 0 Å². The van der Waals surface area contributed by atoms with Crippen LogP contribution in [0.2, 0.25) is 5.02 Å². The van der Waals surface area contributed by atoms with Crippen molar-refractivity contribution < 1.29 is 0 Å². The molecule has 1 aliphatic heterocycles. The Hall–Kier alpha value is -0.380. The van der Waals surface area contributed by atoms with Crippen molar-refractivity contribution in [1.29, 1.82) is 0 Å². The van der Waals surface area contributed by atoms with Crippen molar-refractivity contribution >= 4 is 29.1 Å². The summed E-state index contributed by atoms with van der Waals surface area (Å²) in [5.41, 5.74) is 8.44. The van der Waals surface area contributed by atoms with E-state index in [9.17, 15) is 0 Å². The molecule has 20 heavy (non-hydrogen) atoms. The first-order valence-corrected chi connectivity index (χ1v) is 8.97. The van der Waals surface area contributed by atoms with E-state index in [-0.39, 0.29) is 6.04 Å². The van der Waals surface area contributed by atoms with E-state index in [2.05, 4.69) is 48.7 Å². The number of nitrogens with zero attached hydrogens (tertiary/aromatic N) is 1. The highest BCUT2D eigenvalue weighted by molar-refractivity contribution is 8.00. The van der Waals surface area contributed by atoms with Gasteiger partial charge in [-0.3, -0.25) is 0 Å². The van der Waals surface area contributed by atoms with Crippen LogP contribution in [0.4, 0.5) is 5.69 Å². The smallest absolute Gasteiger partial charge is 0.0459 e. The van der Waals surface area contributed by atoms with E-state index in [0.717, 1.165) is 36.2 Å². The van der Waals surface area contributed by atoms with Crippen LogP contribution in [-0.2, 0) is 6.42 Å². The Labute approximate surface area is 132 Å². The summed E-state index contributed by atoms with van der Waals surface area (Å²) in [6, 6.07) is 6.67. The Kier molecular flexibility index (Phi) is 6.06. The maximum Gasteiger partial charge on any atom is 0.0459 e. The molecular formula is C16H25ClN2S. The molecule has 4 heteroatoms. The molecule has 1 saturated heterocycles. The predicted octanol–water partition coefficient (Wildman–Crippen LogP) is 3.95. The van der Waals surface area contributed by atoms with E-state index >= 15 is 0 Å². The Bertz CT molecular complexity index is 438. The topological polar surface area (TPSA) is 29.3 Å². The zero-order chi connectivity index (χ0) is 14.5. The van der Waals surface area contributed by atoms with Crippen molar-refractivity contribution in [3.8, 4) is 0 Å². The average Bonchev–Trinajstić information content (AvgIpc) is 2.49. The largest absolute Gasteiger partial charge is 0.370 e. The van der Waals surface area contributed by atoms with Gasteiger partial charge in [0.05, 0.1) is 0 Å². The number of anilines is 1. The molecule has 2 nitrogen and oxygen atoms in total. The standard InChI is InChI=1S/C16H25ClN2S/c1-3-13(18)9-12-5-6-14(10-16(12)17)19-7-8-20-15(4-2)11-19/h5-6,10,13,15H,3-4,7-9,11,18H2,1-2H3. The molecule has 0 spiro atoms. The molecular weight excluding hydrogens is 288 g/mol. The van der Waals surface area contributed by atoms with Crippen molar-refractivity contribution in [3.05, 3.63) is 28.8 Å². The number of halogens is 1. The molecule has 0 saturated carbocycles. The van der Waals surface area contributed by atoms with E-state index in [1.165, 1.54) is 23.4 Å². The van der Waals surface area contributed by atoms with Crippen molar-refractivity contribution in [1.82, 2.24) is 0 Å². The SMILES string of the molecule is CCC(N)Cc1ccc(N2CCSC(CC)C2)cc1Cl. The normalized spacial score (nSPS) is 21.0. The summed E-state index contributed by atoms with van der Waals surface area (Å²) in [6.45, 7) is 6.63. The van der Waals surface area contributed by atoms with Crippen LogP contribution in [0.3, 0.4) is 0 Å². The molecule has 1 fully saturated rings. The summed E-state index contributed by atoms with van der Waals surface area (Å²) >= 11 is 8.52. The molecule has 2 atom stereocenters. The van der Waals surface area contributed by atoms with Crippen LogP contribution in [0.1, 0.15) is 32.3 Å². The van der Waals surface area contributed by atoms with Gasteiger partial charge < -0.3 is 10.6 Å². The second kappa shape index (κ2) is 7.58. The second-order valence-corrected chi connectivity index (χ2v) is 7.31. The van der Waals surface area contributed by atoms with Crippen molar-refractivity contribution in [2.75, 3.05) is 23.7 Å². The minimum Gasteiger partial charge on any atom is -0.370 e. The molecule has 0 bridgehead atoms. The fourth-order valence-electron chi connectivity index (χ4n) is 2.53. The molecule has 2 unspecified atom stereocenters. The monoisotopic (exact) mass is 312 g/mol. The maximum absolute atomic E-state index is 6.43. The first-order chi connectivity index (χ1) is 9.63. The third-order valence-electron chi connectivity index (χ3n) is 4.00. The molecule has 112 valence electrons. The van der Waals surface area contributed by atoms with Gasteiger partial charge in [-0.15, -0.1) is 0 Å². The Morgan fingerprint density at radius 3 is 2.90 bits per heavy atom. The highest BCUT2D eigenvalue weighted by Crippen LogP contribution is 2.29. The molecule has 1 aromatic rings. The number of thioether (sulfide) groups is 1. The van der Waals surface area contributed by atoms with Crippen LogP contribution in [0.5, 0.6) is 0 Å². The van der Waals surface area contributed by atoms with Crippen LogP contribution in [-0.4, -0.2) is 30.1 Å². The van der Waals surface area contributed by atoms with Gasteiger partial charge in [0.15, 0.2) is 0 Å². The number of hydrogen-bond acceptors (Lipinski definition) is 3. The molecule has 1 aromatic carbocycles. The van der Waals surface area contributed by atoms with Gasteiger partial charge in [-0.25, -0.2) is 0 Å². The summed E-state index contributed by atoms with van der Waals surface area (Å²) < 4.78 is 0. The first-order valence-electron chi connectivity index (χ1n) is 7.54. The van der Waals surface area contributed by atoms with Crippen LogP contribution in [0.25, 0.3) is 0 Å². The summed E-state index contributed by atoms with van der Waals surface area (Å²) in [4.78, 5) is 2.46. The number of hydrogen-bond donors (Lipinski definition) is 1. The van der Waals surface area contributed by atoms with Gasteiger partial charge in [-0.05, 0) is 37.0 Å². The molecule has 0 aromatic heterocycles. The minimum atomic E-state index is 0.203. The lowest BCUT2D eigenvalue weighted by Gasteiger charge is -2.34. The maximum atomic E-state index is 6.43. The first kappa shape index (κ1) is 16.0. The zero-order valence-electron chi connectivity index (χ0n) is 12.4. The Morgan fingerprint density at radius 2 is 2.25 bits per heavy atom. The minimum absolute atomic E-state index is 0.203. The Morgan fingerprint density at radius 1 is 1.45 bits per heavy atom. The van der Waals surface area contributed by atoms with Crippen molar-refractivity contribution in [2.24, 2.45) is 5.73 Å². The van der Waals surface area contributed by atoms with Crippen LogP contribution < -0.4 is 10.6 Å². The summed E-state index contributed by atoms with van der Waals surface area (Å²) in [6.07, 6.45) is 3.08. The lowest BCUT2D eigenvalue weighted by molar-refractivity contribution is 0.646. The van der Waals surface area contributed by atoms with Crippen LogP contribution in [0.15, 0.2) is 18.2 Å². The second-order valence-electron chi connectivity index (χ2n) is 5.50. The van der Waals surface area contributed by atoms with Gasteiger partial charge in [-0.1, -0.05) is 31.5 Å². The molecule has 1 heterocycles. The molecule has 0 aliphatic carbocycles. The summed E-state index contributed by atoms with van der Waals surface area (Å²) in [5.74, 6) is 1.21. The summed E-state index contributed by atoms with van der Waals surface area (Å²) in [5, 5.41) is 1.60. The highest BCUT2D eigenvalue weighted by atomic mass is 35.5. The number of rotatable bonds is 5. The molecule has 2 N–H and O–H groups in total. The van der Waals surface area contributed by atoms with Gasteiger partial charge in [0.25, 0.3) is 0 Å². The van der Waals surface area contributed by atoms with Gasteiger partial charge in [0.2, 0.25) is 0 Å². The lowest BCUT2D eigenvalue weighted by Crippen LogP contribution is -2.37. The zero-order valence-corrected chi connectivity index (χ0v) is 14.0. The fourth-order valence-corrected chi connectivity index (χ4v) is 3.96. The predicted molar refractivity (Wildman–Crippen MR) is 92.2 cm³/mol. The molecule has 1 aliphatic rings.